The molecule has 1 amide bonds. The van der Waals surface area contributed by atoms with Crippen molar-refractivity contribution in [1.29, 1.82) is 0 Å². The Morgan fingerprint density at radius 1 is 1.50 bits per heavy atom. The van der Waals surface area contributed by atoms with E-state index in [4.69, 9.17) is 23.8 Å². The number of unbranched alkanes of at least 4 members (excludes halogenated alkanes) is 2. The van der Waals surface area contributed by atoms with E-state index in [0.29, 0.717) is 17.3 Å². The minimum absolute atomic E-state index is 0.0824. The SMILES string of the molecule is CCCCCC(=O)NC(=S)Nc1cccnc1Cl. The number of halogens is 1. The number of carbonyl (C=O) groups excluding carboxylic acids is 1. The number of hydrogen-bond donors (Lipinski definition) is 2. The van der Waals surface area contributed by atoms with Crippen molar-refractivity contribution in [3.63, 3.8) is 0 Å². The van der Waals surface area contributed by atoms with Crippen molar-refractivity contribution in [2.45, 2.75) is 32.6 Å². The maximum Gasteiger partial charge on any atom is 0.226 e. The number of hydrogen-bond acceptors (Lipinski definition) is 3. The standard InChI is InChI=1S/C12H16ClN3OS/c1-2-3-4-7-10(17)16-12(18)15-9-6-5-8-14-11(9)13/h5-6,8H,2-4,7H2,1H3,(H2,15,16,17,18). The third kappa shape index (κ3) is 5.42. The number of thiocarbonyl (C=S) groups is 1. The molecule has 1 heterocycles. The van der Waals surface area contributed by atoms with Crippen LogP contribution in [0, 0.1) is 0 Å². The highest BCUT2D eigenvalue weighted by Crippen LogP contribution is 2.16. The maximum atomic E-state index is 11.5. The van der Waals surface area contributed by atoms with Crippen molar-refractivity contribution in [3.8, 4) is 0 Å². The lowest BCUT2D eigenvalue weighted by molar-refractivity contribution is -0.119. The van der Waals surface area contributed by atoms with E-state index in [-0.39, 0.29) is 11.0 Å². The van der Waals surface area contributed by atoms with Crippen LogP contribution in [0.4, 0.5) is 5.69 Å². The van der Waals surface area contributed by atoms with Gasteiger partial charge in [-0.05, 0) is 30.8 Å². The normalized spacial score (nSPS) is 9.89. The molecule has 0 aromatic carbocycles. The molecule has 0 unspecified atom stereocenters. The van der Waals surface area contributed by atoms with Crippen LogP contribution in [0.5, 0.6) is 0 Å². The van der Waals surface area contributed by atoms with Crippen LogP contribution in [0.2, 0.25) is 5.15 Å². The van der Waals surface area contributed by atoms with E-state index in [0.717, 1.165) is 19.3 Å². The van der Waals surface area contributed by atoms with Gasteiger partial charge in [0.05, 0.1) is 5.69 Å². The van der Waals surface area contributed by atoms with Crippen LogP contribution in [0.15, 0.2) is 18.3 Å². The van der Waals surface area contributed by atoms with E-state index < -0.39 is 0 Å². The molecule has 4 nitrogen and oxygen atoms in total. The van der Waals surface area contributed by atoms with Crippen LogP contribution in [0.1, 0.15) is 32.6 Å². The lowest BCUT2D eigenvalue weighted by atomic mass is 10.2. The molecule has 0 fully saturated rings. The van der Waals surface area contributed by atoms with E-state index in [1.54, 1.807) is 18.3 Å². The van der Waals surface area contributed by atoms with Gasteiger partial charge in [0.1, 0.15) is 0 Å². The van der Waals surface area contributed by atoms with Gasteiger partial charge in [0.2, 0.25) is 5.91 Å². The van der Waals surface area contributed by atoms with Gasteiger partial charge in [0, 0.05) is 12.6 Å². The van der Waals surface area contributed by atoms with Crippen molar-refractivity contribution >= 4 is 40.5 Å². The first-order valence-electron chi connectivity index (χ1n) is 5.85. The second-order valence-corrected chi connectivity index (χ2v) is 4.57. The van der Waals surface area contributed by atoms with Gasteiger partial charge >= 0.3 is 0 Å². The number of amides is 1. The van der Waals surface area contributed by atoms with E-state index in [9.17, 15) is 4.79 Å². The zero-order valence-corrected chi connectivity index (χ0v) is 11.8. The molecule has 0 spiro atoms. The van der Waals surface area contributed by atoms with Gasteiger partial charge in [-0.2, -0.15) is 0 Å². The van der Waals surface area contributed by atoms with E-state index in [2.05, 4.69) is 22.5 Å². The average Bonchev–Trinajstić information content (AvgIpc) is 2.32. The highest BCUT2D eigenvalue weighted by molar-refractivity contribution is 7.80. The molecule has 0 aliphatic carbocycles. The summed E-state index contributed by atoms with van der Waals surface area (Å²) < 4.78 is 0. The minimum Gasteiger partial charge on any atom is -0.330 e. The molecular formula is C12H16ClN3OS. The Morgan fingerprint density at radius 3 is 2.94 bits per heavy atom. The zero-order chi connectivity index (χ0) is 13.4. The number of carbonyl (C=O) groups is 1. The number of anilines is 1. The summed E-state index contributed by atoms with van der Waals surface area (Å²) in [4.78, 5) is 15.4. The van der Waals surface area contributed by atoms with Crippen LogP contribution >= 0.6 is 23.8 Å². The van der Waals surface area contributed by atoms with Crippen molar-refractivity contribution in [2.24, 2.45) is 0 Å². The van der Waals surface area contributed by atoms with Crippen molar-refractivity contribution in [3.05, 3.63) is 23.5 Å². The fraction of sp³-hybridized carbons (Fsp3) is 0.417. The molecule has 1 aromatic heterocycles. The van der Waals surface area contributed by atoms with Gasteiger partial charge in [-0.15, -0.1) is 0 Å². The molecule has 0 aliphatic heterocycles. The van der Waals surface area contributed by atoms with Crippen LogP contribution in [-0.2, 0) is 4.79 Å². The summed E-state index contributed by atoms with van der Waals surface area (Å²) >= 11 is 10.9. The smallest absolute Gasteiger partial charge is 0.226 e. The van der Waals surface area contributed by atoms with Crippen molar-refractivity contribution in [1.82, 2.24) is 10.3 Å². The second kappa shape index (κ2) is 8.00. The van der Waals surface area contributed by atoms with Crippen molar-refractivity contribution in [2.75, 3.05) is 5.32 Å². The van der Waals surface area contributed by atoms with Gasteiger partial charge in [-0.1, -0.05) is 31.4 Å². The lowest BCUT2D eigenvalue weighted by Gasteiger charge is -2.09. The molecule has 98 valence electrons. The van der Waals surface area contributed by atoms with Crippen LogP contribution < -0.4 is 10.6 Å². The number of nitrogens with zero attached hydrogens (tertiary/aromatic N) is 1. The predicted octanol–water partition coefficient (Wildman–Crippen LogP) is 3.13. The Bertz CT molecular complexity index is 426. The summed E-state index contributed by atoms with van der Waals surface area (Å²) in [6.07, 6.45) is 5.07. The topological polar surface area (TPSA) is 54.0 Å². The molecule has 1 aromatic rings. The second-order valence-electron chi connectivity index (χ2n) is 3.80. The molecule has 2 N–H and O–H groups in total. The summed E-state index contributed by atoms with van der Waals surface area (Å²) in [5.41, 5.74) is 0.582. The molecule has 1 rings (SSSR count). The fourth-order valence-corrected chi connectivity index (χ4v) is 1.75. The first-order valence-corrected chi connectivity index (χ1v) is 6.63. The quantitative estimate of drug-likeness (QED) is 0.496. The number of nitrogens with one attached hydrogen (secondary N) is 2. The number of rotatable bonds is 5. The van der Waals surface area contributed by atoms with Gasteiger partial charge < -0.3 is 10.6 Å². The fourth-order valence-electron chi connectivity index (χ4n) is 1.36. The molecule has 0 atom stereocenters. The summed E-state index contributed by atoms with van der Waals surface area (Å²) in [6.45, 7) is 2.09. The average molecular weight is 286 g/mol. The monoisotopic (exact) mass is 285 g/mol. The Hall–Kier alpha value is -1.20. The molecular weight excluding hydrogens is 270 g/mol. The first-order chi connectivity index (χ1) is 8.63. The minimum atomic E-state index is -0.0824. The Balaban J connectivity index is 2.38. The molecule has 0 saturated carbocycles. The molecule has 0 saturated heterocycles. The summed E-state index contributed by atoms with van der Waals surface area (Å²) in [6, 6.07) is 3.48. The zero-order valence-electron chi connectivity index (χ0n) is 10.2. The number of pyridine rings is 1. The Morgan fingerprint density at radius 2 is 2.28 bits per heavy atom. The maximum absolute atomic E-state index is 11.5. The third-order valence-electron chi connectivity index (χ3n) is 2.27. The van der Waals surface area contributed by atoms with Crippen LogP contribution in [-0.4, -0.2) is 16.0 Å². The van der Waals surface area contributed by atoms with E-state index in [1.807, 2.05) is 0 Å². The molecule has 0 bridgehead atoms. The summed E-state index contributed by atoms with van der Waals surface area (Å²) in [5, 5.41) is 6.01. The Kier molecular flexibility index (Phi) is 6.60. The summed E-state index contributed by atoms with van der Waals surface area (Å²) in [5.74, 6) is -0.0824. The Labute approximate surface area is 117 Å². The highest BCUT2D eigenvalue weighted by Gasteiger charge is 2.06. The lowest BCUT2D eigenvalue weighted by Crippen LogP contribution is -2.34. The first kappa shape index (κ1) is 14.9. The van der Waals surface area contributed by atoms with Gasteiger partial charge in [0.25, 0.3) is 0 Å². The molecule has 6 heteroatoms. The van der Waals surface area contributed by atoms with Crippen LogP contribution in [0.25, 0.3) is 0 Å². The molecule has 18 heavy (non-hydrogen) atoms. The van der Waals surface area contributed by atoms with Gasteiger partial charge in [0.15, 0.2) is 10.3 Å². The van der Waals surface area contributed by atoms with Gasteiger partial charge in [-0.25, -0.2) is 4.98 Å². The van der Waals surface area contributed by atoms with Gasteiger partial charge in [-0.3, -0.25) is 4.79 Å². The van der Waals surface area contributed by atoms with E-state index in [1.165, 1.54) is 0 Å². The highest BCUT2D eigenvalue weighted by atomic mass is 35.5. The van der Waals surface area contributed by atoms with E-state index >= 15 is 0 Å². The molecule has 0 aliphatic rings. The molecule has 0 radical (unpaired) electrons. The predicted molar refractivity (Wildman–Crippen MR) is 77.8 cm³/mol. The third-order valence-corrected chi connectivity index (χ3v) is 2.77. The van der Waals surface area contributed by atoms with Crippen molar-refractivity contribution < 1.29 is 4.79 Å². The number of aromatic nitrogens is 1. The van der Waals surface area contributed by atoms with Crippen LogP contribution in [0.3, 0.4) is 0 Å². The summed E-state index contributed by atoms with van der Waals surface area (Å²) in [7, 11) is 0. The largest absolute Gasteiger partial charge is 0.330 e.